The van der Waals surface area contributed by atoms with Crippen molar-refractivity contribution in [2.24, 2.45) is 0 Å². The van der Waals surface area contributed by atoms with Gasteiger partial charge in [-0.25, -0.2) is 4.39 Å². The Hall–Kier alpha value is -1.14. The molecule has 1 heterocycles. The minimum Gasteiger partial charge on any atom is -0.314 e. The molecule has 0 bridgehead atoms. The molecule has 0 aromatic heterocycles. The van der Waals surface area contributed by atoms with E-state index in [1.807, 2.05) is 6.92 Å². The Morgan fingerprint density at radius 3 is 2.40 bits per heavy atom. The molecule has 1 N–H and O–H groups in total. The first kappa shape index (κ1) is 15.3. The van der Waals surface area contributed by atoms with Crippen LogP contribution in [-0.4, -0.2) is 31.1 Å². The van der Waals surface area contributed by atoms with Crippen molar-refractivity contribution in [2.45, 2.75) is 25.6 Å². The topological polar surface area (TPSA) is 15.3 Å². The molecule has 112 valence electrons. The molecule has 1 aromatic rings. The Bertz CT molecular complexity index is 453. The van der Waals surface area contributed by atoms with E-state index in [2.05, 4.69) is 10.2 Å². The van der Waals surface area contributed by atoms with E-state index in [9.17, 15) is 17.6 Å². The van der Waals surface area contributed by atoms with E-state index in [-0.39, 0.29) is 6.04 Å². The van der Waals surface area contributed by atoms with Crippen molar-refractivity contribution in [3.63, 3.8) is 0 Å². The number of rotatable bonds is 3. The lowest BCUT2D eigenvalue weighted by molar-refractivity contribution is -0.137. The van der Waals surface area contributed by atoms with Crippen molar-refractivity contribution in [1.29, 1.82) is 0 Å². The van der Waals surface area contributed by atoms with Gasteiger partial charge in [0.25, 0.3) is 0 Å². The highest BCUT2D eigenvalue weighted by atomic mass is 19.4. The largest absolute Gasteiger partial charge is 0.416 e. The SMILES string of the molecule is CC[C@H](c1cc(F)cc(C(F)(F)F)c1)N1CCNCC1. The molecule has 1 aliphatic rings. The molecule has 20 heavy (non-hydrogen) atoms. The van der Waals surface area contributed by atoms with Crippen molar-refractivity contribution in [3.8, 4) is 0 Å². The average Bonchev–Trinajstić information content (AvgIpc) is 2.39. The van der Waals surface area contributed by atoms with Gasteiger partial charge in [-0.2, -0.15) is 13.2 Å². The smallest absolute Gasteiger partial charge is 0.314 e. The van der Waals surface area contributed by atoms with Gasteiger partial charge in [0.15, 0.2) is 0 Å². The van der Waals surface area contributed by atoms with Crippen molar-refractivity contribution in [3.05, 3.63) is 35.1 Å². The van der Waals surface area contributed by atoms with E-state index in [1.165, 1.54) is 6.07 Å². The standard InChI is InChI=1S/C14H18F4N2/c1-2-13(20-5-3-19-4-6-20)10-7-11(14(16,17)18)9-12(15)8-10/h7-9,13,19H,2-6H2,1H3/t13-/m1/s1. The highest BCUT2D eigenvalue weighted by Gasteiger charge is 2.32. The first-order valence-corrected chi connectivity index (χ1v) is 6.74. The third kappa shape index (κ3) is 3.49. The van der Waals surface area contributed by atoms with Crippen LogP contribution < -0.4 is 5.32 Å². The van der Waals surface area contributed by atoms with E-state index in [4.69, 9.17) is 0 Å². The van der Waals surface area contributed by atoms with E-state index >= 15 is 0 Å². The Kier molecular flexibility index (Phi) is 4.65. The lowest BCUT2D eigenvalue weighted by Crippen LogP contribution is -2.45. The van der Waals surface area contributed by atoms with Crippen molar-refractivity contribution >= 4 is 0 Å². The van der Waals surface area contributed by atoms with E-state index < -0.39 is 17.6 Å². The molecule has 0 unspecified atom stereocenters. The predicted molar refractivity (Wildman–Crippen MR) is 68.9 cm³/mol. The number of benzene rings is 1. The van der Waals surface area contributed by atoms with Crippen LogP contribution >= 0.6 is 0 Å². The van der Waals surface area contributed by atoms with Crippen LogP contribution in [0.5, 0.6) is 0 Å². The first-order valence-electron chi connectivity index (χ1n) is 6.74. The van der Waals surface area contributed by atoms with Crippen molar-refractivity contribution in [1.82, 2.24) is 10.2 Å². The fourth-order valence-electron chi connectivity index (χ4n) is 2.67. The van der Waals surface area contributed by atoms with E-state index in [0.29, 0.717) is 18.1 Å². The maximum Gasteiger partial charge on any atom is 0.416 e. The number of halogens is 4. The third-order valence-corrected chi connectivity index (χ3v) is 3.61. The van der Waals surface area contributed by atoms with Crippen LogP contribution in [0.15, 0.2) is 18.2 Å². The normalized spacial score (nSPS) is 19.1. The molecule has 1 atom stereocenters. The summed E-state index contributed by atoms with van der Waals surface area (Å²) in [5.74, 6) is -0.830. The minimum atomic E-state index is -4.52. The number of piperazine rings is 1. The molecule has 1 aromatic carbocycles. The molecular formula is C14H18F4N2. The van der Waals surface area contributed by atoms with Crippen molar-refractivity contribution < 1.29 is 17.6 Å². The molecule has 6 heteroatoms. The van der Waals surface area contributed by atoms with Crippen LogP contribution in [0.25, 0.3) is 0 Å². The molecule has 1 aliphatic heterocycles. The van der Waals surface area contributed by atoms with Crippen LogP contribution in [0.1, 0.15) is 30.5 Å². The van der Waals surface area contributed by atoms with Gasteiger partial charge in [-0.1, -0.05) is 6.92 Å². The molecule has 0 amide bonds. The van der Waals surface area contributed by atoms with Crippen LogP contribution in [-0.2, 0) is 6.18 Å². The number of nitrogens with zero attached hydrogens (tertiary/aromatic N) is 1. The molecule has 0 aliphatic carbocycles. The summed E-state index contributed by atoms with van der Waals surface area (Å²) in [5.41, 5.74) is -0.511. The summed E-state index contributed by atoms with van der Waals surface area (Å²) in [6.07, 6.45) is -3.86. The number of hydrogen-bond acceptors (Lipinski definition) is 2. The summed E-state index contributed by atoms with van der Waals surface area (Å²) in [5, 5.41) is 3.20. The second kappa shape index (κ2) is 6.10. The zero-order chi connectivity index (χ0) is 14.8. The van der Waals surface area contributed by atoms with Crippen LogP contribution in [0.3, 0.4) is 0 Å². The minimum absolute atomic E-state index is 0.172. The molecule has 0 spiro atoms. The average molecular weight is 290 g/mol. The second-order valence-corrected chi connectivity index (χ2v) is 4.98. The van der Waals surface area contributed by atoms with Gasteiger partial charge in [0.2, 0.25) is 0 Å². The van der Waals surface area contributed by atoms with Gasteiger partial charge in [0.1, 0.15) is 5.82 Å². The third-order valence-electron chi connectivity index (χ3n) is 3.61. The van der Waals surface area contributed by atoms with Gasteiger partial charge < -0.3 is 5.32 Å². The lowest BCUT2D eigenvalue weighted by Gasteiger charge is -2.35. The van der Waals surface area contributed by atoms with Gasteiger partial charge in [-0.15, -0.1) is 0 Å². The first-order chi connectivity index (χ1) is 9.41. The molecule has 2 nitrogen and oxygen atoms in total. The highest BCUT2D eigenvalue weighted by molar-refractivity contribution is 5.29. The van der Waals surface area contributed by atoms with Crippen LogP contribution in [0, 0.1) is 5.82 Å². The summed E-state index contributed by atoms with van der Waals surface area (Å²) in [7, 11) is 0. The van der Waals surface area contributed by atoms with Crippen LogP contribution in [0.4, 0.5) is 17.6 Å². The summed E-state index contributed by atoms with van der Waals surface area (Å²) in [6, 6.07) is 2.66. The Morgan fingerprint density at radius 1 is 1.20 bits per heavy atom. The van der Waals surface area contributed by atoms with Gasteiger partial charge in [-0.3, -0.25) is 4.90 Å². The van der Waals surface area contributed by atoms with Gasteiger partial charge >= 0.3 is 6.18 Å². The fraction of sp³-hybridized carbons (Fsp3) is 0.571. The number of hydrogen-bond donors (Lipinski definition) is 1. The van der Waals surface area contributed by atoms with E-state index in [1.54, 1.807) is 0 Å². The molecular weight excluding hydrogens is 272 g/mol. The lowest BCUT2D eigenvalue weighted by atomic mass is 9.99. The predicted octanol–water partition coefficient (Wildman–Crippen LogP) is 3.20. The summed E-state index contributed by atoms with van der Waals surface area (Å²) < 4.78 is 51.8. The number of nitrogens with one attached hydrogen (secondary N) is 1. The monoisotopic (exact) mass is 290 g/mol. The van der Waals surface area contributed by atoms with Gasteiger partial charge in [0, 0.05) is 32.2 Å². The van der Waals surface area contributed by atoms with Gasteiger partial charge in [0.05, 0.1) is 5.56 Å². The zero-order valence-corrected chi connectivity index (χ0v) is 11.3. The quantitative estimate of drug-likeness (QED) is 0.860. The molecule has 1 saturated heterocycles. The molecule has 0 radical (unpaired) electrons. The second-order valence-electron chi connectivity index (χ2n) is 4.98. The Labute approximate surface area is 115 Å². The maximum atomic E-state index is 13.5. The Balaban J connectivity index is 2.31. The Morgan fingerprint density at radius 2 is 1.85 bits per heavy atom. The molecule has 1 fully saturated rings. The number of alkyl halides is 3. The maximum absolute atomic E-state index is 13.5. The molecule has 0 saturated carbocycles. The zero-order valence-electron chi connectivity index (χ0n) is 11.3. The summed E-state index contributed by atoms with van der Waals surface area (Å²) in [6.45, 7) is 5.04. The van der Waals surface area contributed by atoms with Crippen LogP contribution in [0.2, 0.25) is 0 Å². The highest BCUT2D eigenvalue weighted by Crippen LogP contribution is 2.33. The fourth-order valence-corrected chi connectivity index (χ4v) is 2.67. The van der Waals surface area contributed by atoms with Crippen molar-refractivity contribution in [2.75, 3.05) is 26.2 Å². The summed E-state index contributed by atoms with van der Waals surface area (Å²) in [4.78, 5) is 2.10. The van der Waals surface area contributed by atoms with E-state index in [0.717, 1.165) is 32.2 Å². The summed E-state index contributed by atoms with van der Waals surface area (Å²) >= 11 is 0. The molecule has 2 rings (SSSR count). The van der Waals surface area contributed by atoms with Gasteiger partial charge in [-0.05, 0) is 30.2 Å².